The summed E-state index contributed by atoms with van der Waals surface area (Å²) in [5.41, 5.74) is 1.74. The van der Waals surface area contributed by atoms with Crippen LogP contribution in [0, 0.1) is 0 Å². The molecule has 0 saturated carbocycles. The van der Waals surface area contributed by atoms with Gasteiger partial charge in [0.25, 0.3) is 17.7 Å². The van der Waals surface area contributed by atoms with E-state index in [1.165, 1.54) is 11.3 Å². The number of fused-ring (bicyclic) bond motifs is 1. The van der Waals surface area contributed by atoms with E-state index in [1.54, 1.807) is 24.3 Å². The zero-order valence-electron chi connectivity index (χ0n) is 14.2. The fourth-order valence-corrected chi connectivity index (χ4v) is 3.69. The molecule has 0 saturated heterocycles. The Balaban J connectivity index is 1.53. The summed E-state index contributed by atoms with van der Waals surface area (Å²) in [5, 5.41) is 1.84. The quantitative estimate of drug-likeness (QED) is 0.655. The normalized spacial score (nSPS) is 13.9. The monoisotopic (exact) mass is 377 g/mol. The molecule has 0 spiro atoms. The van der Waals surface area contributed by atoms with Crippen molar-refractivity contribution < 1.29 is 14.4 Å². The molecule has 3 amide bonds. The minimum atomic E-state index is -0.534. The Morgan fingerprint density at radius 2 is 1.56 bits per heavy atom. The molecule has 0 bridgehead atoms. The van der Waals surface area contributed by atoms with Crippen LogP contribution in [0.3, 0.4) is 0 Å². The summed E-state index contributed by atoms with van der Waals surface area (Å²) in [5.74, 6) is -1.45. The maximum absolute atomic E-state index is 12.4. The molecule has 0 unspecified atom stereocenters. The second kappa shape index (κ2) is 7.13. The predicted molar refractivity (Wildman–Crippen MR) is 100 cm³/mol. The number of benzene rings is 2. The van der Waals surface area contributed by atoms with Gasteiger partial charge in [0.15, 0.2) is 4.80 Å². The molecule has 2 aromatic carbocycles. The lowest BCUT2D eigenvalue weighted by Gasteiger charge is -2.10. The number of rotatable bonds is 4. The van der Waals surface area contributed by atoms with Crippen molar-refractivity contribution >= 4 is 29.1 Å². The third-order valence-corrected chi connectivity index (χ3v) is 5.04. The lowest BCUT2D eigenvalue weighted by atomic mass is 10.1. The van der Waals surface area contributed by atoms with Gasteiger partial charge in [-0.1, -0.05) is 42.5 Å². The van der Waals surface area contributed by atoms with Gasteiger partial charge in [0.05, 0.1) is 11.1 Å². The SMILES string of the molecule is O=C(CN1C(=O)c2ccccc2C1=O)N=c1sccn1Cc1ccccc1. The molecule has 0 radical (unpaired) electrons. The van der Waals surface area contributed by atoms with E-state index in [0.29, 0.717) is 22.5 Å². The largest absolute Gasteiger partial charge is 0.319 e. The molecule has 27 heavy (non-hydrogen) atoms. The molecule has 0 fully saturated rings. The number of aromatic nitrogens is 1. The summed E-state index contributed by atoms with van der Waals surface area (Å²) in [7, 11) is 0. The van der Waals surface area contributed by atoms with E-state index in [0.717, 1.165) is 10.5 Å². The second-order valence-electron chi connectivity index (χ2n) is 6.05. The molecule has 0 aliphatic carbocycles. The number of thiazole rings is 1. The molecule has 1 aliphatic heterocycles. The molecule has 7 heteroatoms. The summed E-state index contributed by atoms with van der Waals surface area (Å²) >= 11 is 1.33. The highest BCUT2D eigenvalue weighted by molar-refractivity contribution is 7.07. The Morgan fingerprint density at radius 1 is 0.926 bits per heavy atom. The lowest BCUT2D eigenvalue weighted by molar-refractivity contribution is -0.118. The molecule has 134 valence electrons. The minimum Gasteiger partial charge on any atom is -0.319 e. The summed E-state index contributed by atoms with van der Waals surface area (Å²) in [4.78, 5) is 42.7. The summed E-state index contributed by atoms with van der Waals surface area (Å²) in [6.45, 7) is 0.221. The van der Waals surface area contributed by atoms with Gasteiger partial charge in [-0.05, 0) is 17.7 Å². The first kappa shape index (κ1) is 17.1. The maximum Gasteiger partial charge on any atom is 0.268 e. The molecule has 1 aliphatic rings. The number of hydrogen-bond donors (Lipinski definition) is 0. The second-order valence-corrected chi connectivity index (χ2v) is 6.92. The van der Waals surface area contributed by atoms with Crippen molar-refractivity contribution in [2.75, 3.05) is 6.54 Å². The van der Waals surface area contributed by atoms with Gasteiger partial charge in [-0.25, -0.2) is 0 Å². The van der Waals surface area contributed by atoms with Crippen molar-refractivity contribution in [1.82, 2.24) is 9.47 Å². The Hall–Kier alpha value is -3.32. The Bertz CT molecular complexity index is 1060. The predicted octanol–water partition coefficient (Wildman–Crippen LogP) is 2.32. The van der Waals surface area contributed by atoms with Crippen LogP contribution < -0.4 is 4.80 Å². The molecule has 0 N–H and O–H groups in total. The number of nitrogens with zero attached hydrogens (tertiary/aromatic N) is 3. The highest BCUT2D eigenvalue weighted by Crippen LogP contribution is 2.22. The van der Waals surface area contributed by atoms with Crippen LogP contribution >= 0.6 is 11.3 Å². The van der Waals surface area contributed by atoms with Crippen LogP contribution in [-0.2, 0) is 11.3 Å². The number of carbonyl (C=O) groups excluding carboxylic acids is 3. The zero-order chi connectivity index (χ0) is 18.8. The van der Waals surface area contributed by atoms with Crippen LogP contribution in [0.1, 0.15) is 26.3 Å². The average molecular weight is 377 g/mol. The first-order valence-corrected chi connectivity index (χ1v) is 9.22. The van der Waals surface area contributed by atoms with Gasteiger partial charge in [0.1, 0.15) is 6.54 Å². The van der Waals surface area contributed by atoms with E-state index >= 15 is 0 Å². The number of imide groups is 1. The van der Waals surface area contributed by atoms with Gasteiger partial charge < -0.3 is 4.57 Å². The van der Waals surface area contributed by atoms with E-state index in [1.807, 2.05) is 46.5 Å². The topological polar surface area (TPSA) is 71.7 Å². The first-order chi connectivity index (χ1) is 13.1. The maximum atomic E-state index is 12.4. The van der Waals surface area contributed by atoms with Crippen molar-refractivity contribution in [3.05, 3.63) is 87.7 Å². The van der Waals surface area contributed by atoms with Gasteiger partial charge in [-0.3, -0.25) is 19.3 Å². The summed E-state index contributed by atoms with van der Waals surface area (Å²) < 4.78 is 1.86. The highest BCUT2D eigenvalue weighted by atomic mass is 32.1. The smallest absolute Gasteiger partial charge is 0.268 e. The number of hydrogen-bond acceptors (Lipinski definition) is 4. The molecule has 4 rings (SSSR count). The van der Waals surface area contributed by atoms with Crippen LogP contribution in [0.2, 0.25) is 0 Å². The third-order valence-electron chi connectivity index (χ3n) is 4.25. The van der Waals surface area contributed by atoms with Crippen molar-refractivity contribution in [2.24, 2.45) is 4.99 Å². The first-order valence-electron chi connectivity index (χ1n) is 8.34. The van der Waals surface area contributed by atoms with Crippen molar-refractivity contribution in [3.8, 4) is 0 Å². The number of amides is 3. The molecule has 0 atom stereocenters. The van der Waals surface area contributed by atoms with Gasteiger partial charge in [0.2, 0.25) is 0 Å². The van der Waals surface area contributed by atoms with E-state index in [9.17, 15) is 14.4 Å². The van der Waals surface area contributed by atoms with Crippen LogP contribution in [0.4, 0.5) is 0 Å². The molecule has 2 heterocycles. The van der Waals surface area contributed by atoms with Crippen LogP contribution in [-0.4, -0.2) is 33.7 Å². The molecular formula is C20H15N3O3S. The third kappa shape index (κ3) is 3.37. The zero-order valence-corrected chi connectivity index (χ0v) is 15.1. The molecule has 1 aromatic heterocycles. The molecule has 6 nitrogen and oxygen atoms in total. The van der Waals surface area contributed by atoms with Crippen LogP contribution in [0.15, 0.2) is 71.2 Å². The van der Waals surface area contributed by atoms with Gasteiger partial charge in [-0.15, -0.1) is 11.3 Å². The van der Waals surface area contributed by atoms with Gasteiger partial charge >= 0.3 is 0 Å². The summed E-state index contributed by atoms with van der Waals surface area (Å²) in [6.07, 6.45) is 1.85. The lowest BCUT2D eigenvalue weighted by Crippen LogP contribution is -2.35. The average Bonchev–Trinajstić information content (AvgIpc) is 3.21. The summed E-state index contributed by atoms with van der Waals surface area (Å²) in [6, 6.07) is 16.4. The van der Waals surface area contributed by atoms with E-state index < -0.39 is 17.7 Å². The number of carbonyl (C=O) groups is 3. The van der Waals surface area contributed by atoms with Crippen molar-refractivity contribution in [1.29, 1.82) is 0 Å². The van der Waals surface area contributed by atoms with Crippen LogP contribution in [0.25, 0.3) is 0 Å². The minimum absolute atomic E-state index is 0.325. The van der Waals surface area contributed by atoms with Gasteiger partial charge in [0, 0.05) is 18.1 Å². The van der Waals surface area contributed by atoms with E-state index in [2.05, 4.69) is 4.99 Å². The Morgan fingerprint density at radius 3 is 2.22 bits per heavy atom. The van der Waals surface area contributed by atoms with Crippen molar-refractivity contribution in [2.45, 2.75) is 6.54 Å². The highest BCUT2D eigenvalue weighted by Gasteiger charge is 2.36. The Labute approximate surface area is 159 Å². The standard InChI is InChI=1S/C20H15N3O3S/c24-17(13-23-18(25)15-8-4-5-9-16(15)19(23)26)21-20-22(10-11-27-20)12-14-6-2-1-3-7-14/h1-11H,12-13H2. The van der Waals surface area contributed by atoms with Crippen molar-refractivity contribution in [3.63, 3.8) is 0 Å². The van der Waals surface area contributed by atoms with E-state index in [4.69, 9.17) is 0 Å². The fourth-order valence-electron chi connectivity index (χ4n) is 2.95. The van der Waals surface area contributed by atoms with Gasteiger partial charge in [-0.2, -0.15) is 4.99 Å². The molecule has 3 aromatic rings. The van der Waals surface area contributed by atoms with Crippen LogP contribution in [0.5, 0.6) is 0 Å². The Kier molecular flexibility index (Phi) is 4.52. The fraction of sp³-hybridized carbons (Fsp3) is 0.100. The van der Waals surface area contributed by atoms with E-state index in [-0.39, 0.29) is 6.54 Å². The molecular weight excluding hydrogens is 362 g/mol.